The second-order valence-corrected chi connectivity index (χ2v) is 7.85. The molecule has 0 atom stereocenters. The molecule has 33 heavy (non-hydrogen) atoms. The number of piperazine rings is 1. The minimum atomic E-state index is -0.236. The maximum absolute atomic E-state index is 12.6. The molecule has 0 bridgehead atoms. The maximum atomic E-state index is 12.6. The van der Waals surface area contributed by atoms with E-state index < -0.39 is 0 Å². The summed E-state index contributed by atoms with van der Waals surface area (Å²) in [5.74, 6) is 2.11. The molecule has 174 valence electrons. The molecule has 4 rings (SSSR count). The van der Waals surface area contributed by atoms with Gasteiger partial charge in [0.25, 0.3) is 5.78 Å². The number of ether oxygens (including phenoxy) is 2. The van der Waals surface area contributed by atoms with Crippen molar-refractivity contribution >= 4 is 23.5 Å². The lowest BCUT2D eigenvalue weighted by Crippen LogP contribution is -2.49. The average molecular weight is 453 g/mol. The minimum Gasteiger partial charge on any atom is -0.497 e. The average Bonchev–Trinajstić information content (AvgIpc) is 3.35. The molecule has 1 amide bonds. The fourth-order valence-electron chi connectivity index (χ4n) is 4.02. The second kappa shape index (κ2) is 10.3. The minimum absolute atomic E-state index is 0.121. The second-order valence-electron chi connectivity index (χ2n) is 7.85. The van der Waals surface area contributed by atoms with Crippen LogP contribution < -0.4 is 9.64 Å². The predicted octanol–water partition coefficient (Wildman–Crippen LogP) is 2.18. The number of carbonyl (C=O) groups excluding carboxylic acids is 2. The van der Waals surface area contributed by atoms with E-state index in [0.29, 0.717) is 57.6 Å². The number of anilines is 1. The number of carbonyl (C=O) groups is 2. The first-order valence-electron chi connectivity index (χ1n) is 11.0. The van der Waals surface area contributed by atoms with Gasteiger partial charge in [-0.2, -0.15) is 14.6 Å². The summed E-state index contributed by atoms with van der Waals surface area (Å²) < 4.78 is 11.7. The summed E-state index contributed by atoms with van der Waals surface area (Å²) in [5, 5.41) is 4.40. The molecule has 0 saturated carbocycles. The molecule has 1 aliphatic heterocycles. The van der Waals surface area contributed by atoms with Gasteiger partial charge in [0.15, 0.2) is 0 Å². The molecule has 0 radical (unpaired) electrons. The summed E-state index contributed by atoms with van der Waals surface area (Å²) >= 11 is 0. The Labute approximate surface area is 192 Å². The zero-order valence-electron chi connectivity index (χ0n) is 18.9. The molecule has 0 spiro atoms. The molecule has 1 aromatic carbocycles. The number of benzene rings is 1. The van der Waals surface area contributed by atoms with Gasteiger partial charge >= 0.3 is 5.97 Å². The van der Waals surface area contributed by atoms with E-state index in [1.807, 2.05) is 35.4 Å². The summed E-state index contributed by atoms with van der Waals surface area (Å²) in [5.41, 5.74) is 1.94. The lowest BCUT2D eigenvalue weighted by molar-refractivity contribution is -0.141. The van der Waals surface area contributed by atoms with Crippen molar-refractivity contribution in [1.82, 2.24) is 24.5 Å². The van der Waals surface area contributed by atoms with Gasteiger partial charge in [0.1, 0.15) is 17.9 Å². The van der Waals surface area contributed by atoms with Crippen molar-refractivity contribution in [3.05, 3.63) is 36.8 Å². The molecule has 1 fully saturated rings. The van der Waals surface area contributed by atoms with E-state index in [4.69, 9.17) is 4.74 Å². The zero-order chi connectivity index (χ0) is 23.2. The highest BCUT2D eigenvalue weighted by Crippen LogP contribution is 2.32. The standard InChI is InChI=1S/C23H28N6O4/c1-32-18-9-7-17(8-10-18)19-15-24-23-25-16-26-29(23)22(19)28-13-11-27(12-14-28)20(30)5-3-4-6-21(31)33-2/h7-10,15-16H,3-6,11-14H2,1-2H3. The van der Waals surface area contributed by atoms with Crippen LogP contribution in [-0.2, 0) is 14.3 Å². The predicted molar refractivity (Wildman–Crippen MR) is 122 cm³/mol. The monoisotopic (exact) mass is 452 g/mol. The third kappa shape index (κ3) is 5.05. The molecule has 1 saturated heterocycles. The van der Waals surface area contributed by atoms with Gasteiger partial charge in [0, 0.05) is 50.8 Å². The van der Waals surface area contributed by atoms with Crippen LogP contribution in [0.2, 0.25) is 0 Å². The van der Waals surface area contributed by atoms with E-state index >= 15 is 0 Å². The van der Waals surface area contributed by atoms with Crippen LogP contribution in [0.25, 0.3) is 16.9 Å². The third-order valence-electron chi connectivity index (χ3n) is 5.86. The molecular weight excluding hydrogens is 424 g/mol. The highest BCUT2D eigenvalue weighted by molar-refractivity contribution is 5.79. The molecule has 10 nitrogen and oxygen atoms in total. The Bertz CT molecular complexity index is 1110. The Morgan fingerprint density at radius 3 is 2.39 bits per heavy atom. The number of methoxy groups -OCH3 is 2. The van der Waals surface area contributed by atoms with Gasteiger partial charge in [-0.3, -0.25) is 9.59 Å². The van der Waals surface area contributed by atoms with Crippen LogP contribution in [0.1, 0.15) is 25.7 Å². The van der Waals surface area contributed by atoms with Gasteiger partial charge in [-0.05, 0) is 30.5 Å². The van der Waals surface area contributed by atoms with Crippen LogP contribution in [0.15, 0.2) is 36.8 Å². The molecule has 0 unspecified atom stereocenters. The van der Waals surface area contributed by atoms with Gasteiger partial charge in [-0.1, -0.05) is 12.1 Å². The smallest absolute Gasteiger partial charge is 0.305 e. The molecule has 2 aromatic heterocycles. The Balaban J connectivity index is 1.46. The van der Waals surface area contributed by atoms with Crippen molar-refractivity contribution in [3.63, 3.8) is 0 Å². The number of esters is 1. The number of hydrogen-bond acceptors (Lipinski definition) is 8. The first kappa shape index (κ1) is 22.5. The highest BCUT2D eigenvalue weighted by Gasteiger charge is 2.25. The summed E-state index contributed by atoms with van der Waals surface area (Å²) in [7, 11) is 3.02. The van der Waals surface area contributed by atoms with Crippen molar-refractivity contribution in [2.75, 3.05) is 45.3 Å². The lowest BCUT2D eigenvalue weighted by atomic mass is 10.1. The van der Waals surface area contributed by atoms with Crippen LogP contribution in [0.4, 0.5) is 5.82 Å². The van der Waals surface area contributed by atoms with Crippen LogP contribution in [0.3, 0.4) is 0 Å². The van der Waals surface area contributed by atoms with Gasteiger partial charge in [-0.15, -0.1) is 0 Å². The Kier molecular flexibility index (Phi) is 7.01. The number of unbranched alkanes of at least 4 members (excludes halogenated alkanes) is 1. The third-order valence-corrected chi connectivity index (χ3v) is 5.86. The molecular formula is C23H28N6O4. The van der Waals surface area contributed by atoms with Crippen LogP contribution in [0.5, 0.6) is 5.75 Å². The van der Waals surface area contributed by atoms with E-state index in [-0.39, 0.29) is 11.9 Å². The summed E-state index contributed by atoms with van der Waals surface area (Å²) in [4.78, 5) is 36.6. The maximum Gasteiger partial charge on any atom is 0.305 e. The highest BCUT2D eigenvalue weighted by atomic mass is 16.5. The Morgan fingerprint density at radius 2 is 1.70 bits per heavy atom. The van der Waals surface area contributed by atoms with Crippen molar-refractivity contribution in [2.45, 2.75) is 25.7 Å². The molecule has 3 heterocycles. The van der Waals surface area contributed by atoms with E-state index in [2.05, 4.69) is 24.7 Å². The van der Waals surface area contributed by atoms with Gasteiger partial charge in [0.05, 0.1) is 14.2 Å². The van der Waals surface area contributed by atoms with Crippen molar-refractivity contribution in [2.24, 2.45) is 0 Å². The number of fused-ring (bicyclic) bond motifs is 1. The first-order valence-corrected chi connectivity index (χ1v) is 11.0. The number of rotatable bonds is 8. The van der Waals surface area contributed by atoms with E-state index in [9.17, 15) is 9.59 Å². The zero-order valence-corrected chi connectivity index (χ0v) is 18.9. The number of aromatic nitrogens is 4. The van der Waals surface area contributed by atoms with E-state index in [1.54, 1.807) is 11.6 Å². The Morgan fingerprint density at radius 1 is 0.970 bits per heavy atom. The molecule has 0 aliphatic carbocycles. The van der Waals surface area contributed by atoms with Crippen molar-refractivity contribution in [3.8, 4) is 16.9 Å². The number of amides is 1. The van der Waals surface area contributed by atoms with Gasteiger partial charge < -0.3 is 19.3 Å². The van der Waals surface area contributed by atoms with Crippen LogP contribution in [0, 0.1) is 0 Å². The molecule has 1 aliphatic rings. The topological polar surface area (TPSA) is 102 Å². The molecule has 3 aromatic rings. The largest absolute Gasteiger partial charge is 0.497 e. The Hall–Kier alpha value is -3.69. The quantitative estimate of drug-likeness (QED) is 0.379. The van der Waals surface area contributed by atoms with Crippen LogP contribution >= 0.6 is 0 Å². The van der Waals surface area contributed by atoms with E-state index in [1.165, 1.54) is 13.4 Å². The van der Waals surface area contributed by atoms with Gasteiger partial charge in [-0.25, -0.2) is 4.98 Å². The SMILES string of the molecule is COC(=O)CCCCC(=O)N1CCN(c2c(-c3ccc(OC)cc3)cnc3ncnn23)CC1. The summed E-state index contributed by atoms with van der Waals surface area (Å²) in [6.45, 7) is 2.60. The fraction of sp³-hybridized carbons (Fsp3) is 0.435. The molecule has 10 heteroatoms. The van der Waals surface area contributed by atoms with Crippen LogP contribution in [-0.4, -0.2) is 76.8 Å². The summed E-state index contributed by atoms with van der Waals surface area (Å²) in [6, 6.07) is 7.83. The number of nitrogens with zero attached hydrogens (tertiary/aromatic N) is 6. The van der Waals surface area contributed by atoms with Crippen molar-refractivity contribution < 1.29 is 19.1 Å². The first-order chi connectivity index (χ1) is 16.1. The summed E-state index contributed by atoms with van der Waals surface area (Å²) in [6.07, 6.45) is 5.45. The normalized spacial score (nSPS) is 13.9. The fourth-order valence-corrected chi connectivity index (χ4v) is 4.02. The number of hydrogen-bond donors (Lipinski definition) is 0. The molecule has 0 N–H and O–H groups in total. The van der Waals surface area contributed by atoms with Gasteiger partial charge in [0.2, 0.25) is 5.91 Å². The lowest BCUT2D eigenvalue weighted by Gasteiger charge is -2.36. The van der Waals surface area contributed by atoms with Crippen molar-refractivity contribution in [1.29, 1.82) is 0 Å². The van der Waals surface area contributed by atoms with E-state index in [0.717, 1.165) is 22.7 Å².